The first-order valence-corrected chi connectivity index (χ1v) is 20.5. The van der Waals surface area contributed by atoms with Crippen LogP contribution in [0.3, 0.4) is 0 Å². The van der Waals surface area contributed by atoms with Crippen molar-refractivity contribution >= 4 is 26.4 Å². The van der Waals surface area contributed by atoms with E-state index in [0.717, 1.165) is 102 Å². The van der Waals surface area contributed by atoms with Crippen molar-refractivity contribution in [2.75, 3.05) is 24.6 Å². The van der Waals surface area contributed by atoms with Crippen LogP contribution in [0.5, 0.6) is 0 Å². The molecule has 4 nitrogen and oxygen atoms in total. The van der Waals surface area contributed by atoms with Crippen LogP contribution in [0.1, 0.15) is 150 Å². The van der Waals surface area contributed by atoms with Crippen molar-refractivity contribution in [1.29, 1.82) is 0 Å². The van der Waals surface area contributed by atoms with Crippen molar-refractivity contribution in [1.82, 2.24) is 0 Å². The number of rotatable bonds is 23. The predicted octanol–water partition coefficient (Wildman–Crippen LogP) is 10.5. The summed E-state index contributed by atoms with van der Waals surface area (Å²) in [6.45, 7) is 10.8. The molecule has 1 aliphatic carbocycles. The minimum Gasteiger partial charge on any atom is -0.323 e. The minimum absolute atomic E-state index is 0.0222. The highest BCUT2D eigenvalue weighted by Gasteiger charge is 2.59. The molecule has 0 amide bonds. The number of aldehydes is 1. The molecule has 0 spiro atoms. The zero-order valence-electron chi connectivity index (χ0n) is 25.8. The predicted molar refractivity (Wildman–Crippen MR) is 167 cm³/mol. The summed E-state index contributed by atoms with van der Waals surface area (Å²) >= 11 is 0. The lowest BCUT2D eigenvalue weighted by Gasteiger charge is -2.51. The van der Waals surface area contributed by atoms with Gasteiger partial charge in [0.25, 0.3) is 0 Å². The molecule has 0 N–H and O–H groups in total. The number of unbranched alkanes of at least 4 members (excludes halogenated alkanes) is 11. The van der Waals surface area contributed by atoms with Gasteiger partial charge < -0.3 is 13.9 Å². The lowest BCUT2D eigenvalue weighted by Crippen LogP contribution is -2.42. The van der Waals surface area contributed by atoms with Crippen molar-refractivity contribution < 1.29 is 18.7 Å². The summed E-state index contributed by atoms with van der Waals surface area (Å²) < 4.78 is 30.0. The van der Waals surface area contributed by atoms with Crippen LogP contribution in [0.2, 0.25) is 0 Å². The number of carbonyl (C=O) groups excluding carboxylic acids is 2. The Kier molecular flexibility index (Phi) is 17.9. The second-order valence-corrected chi connectivity index (χ2v) is 20.0. The van der Waals surface area contributed by atoms with Gasteiger partial charge in [0, 0.05) is 31.1 Å². The van der Waals surface area contributed by atoms with Gasteiger partial charge in [-0.25, -0.2) is 0 Å². The van der Waals surface area contributed by atoms with E-state index < -0.39 is 19.2 Å². The van der Waals surface area contributed by atoms with E-state index in [0.29, 0.717) is 37.4 Å². The van der Waals surface area contributed by atoms with Gasteiger partial charge in [0.15, 0.2) is 0 Å². The van der Waals surface area contributed by atoms with Gasteiger partial charge in [-0.2, -0.15) is 0 Å². The molecule has 0 aromatic carbocycles. The highest BCUT2D eigenvalue weighted by Crippen LogP contribution is 2.81. The number of Topliss-reactive ketones (excluding diaryl/α,β-unsaturated/α-hetero) is 1. The Morgan fingerprint density at radius 1 is 0.763 bits per heavy atom. The van der Waals surface area contributed by atoms with Crippen molar-refractivity contribution in [3.63, 3.8) is 0 Å². The van der Waals surface area contributed by atoms with Gasteiger partial charge in [0.2, 0.25) is 0 Å². The van der Waals surface area contributed by atoms with E-state index in [1.807, 2.05) is 0 Å². The Labute approximate surface area is 236 Å². The largest absolute Gasteiger partial charge is 0.323 e. The average Bonchev–Trinajstić information content (AvgIpc) is 2.92. The maximum atomic E-state index is 15.0. The zero-order chi connectivity index (χ0) is 28.5. The summed E-state index contributed by atoms with van der Waals surface area (Å²) in [7, 11) is -5.35. The Morgan fingerprint density at radius 3 is 1.74 bits per heavy atom. The lowest BCUT2D eigenvalue weighted by molar-refractivity contribution is -0.125. The second kappa shape index (κ2) is 19.0. The van der Waals surface area contributed by atoms with Crippen LogP contribution in [-0.4, -0.2) is 41.6 Å². The van der Waals surface area contributed by atoms with E-state index in [1.54, 1.807) is 0 Å². The summed E-state index contributed by atoms with van der Waals surface area (Å²) in [5, 5.41) is 0. The first-order chi connectivity index (χ1) is 18.2. The first-order valence-electron chi connectivity index (χ1n) is 16.3. The van der Waals surface area contributed by atoms with Gasteiger partial charge >= 0.3 is 0 Å². The molecule has 1 saturated carbocycles. The van der Waals surface area contributed by atoms with Crippen LogP contribution in [0.4, 0.5) is 0 Å². The van der Waals surface area contributed by atoms with Gasteiger partial charge in [-0.15, -0.1) is 0 Å². The Balaban J connectivity index is 3.06. The standard InChI is InChI=1S/C32H62O4P2/c1-6-10-12-20-26-37(35,8-3)32(38(36,9-4)27-21-13-11-7-2)24-23-30(29(5)28-32)31(34)22-18-16-14-15-17-19-25-33/h25,29-30H,6-24,26-28H2,1-5H3. The molecular formula is C32H62O4P2. The minimum atomic E-state index is -2.67. The molecule has 0 aromatic heterocycles. The van der Waals surface area contributed by atoms with E-state index in [9.17, 15) is 18.7 Å². The smallest absolute Gasteiger partial charge is 0.136 e. The molecule has 1 fully saturated rings. The molecule has 224 valence electrons. The normalized spacial score (nSPS) is 25.0. The molecule has 0 bridgehead atoms. The molecule has 0 aliphatic heterocycles. The van der Waals surface area contributed by atoms with Crippen LogP contribution < -0.4 is 0 Å². The lowest BCUT2D eigenvalue weighted by atomic mass is 9.76. The van der Waals surface area contributed by atoms with E-state index >= 15 is 0 Å². The van der Waals surface area contributed by atoms with Crippen molar-refractivity contribution in [2.45, 2.75) is 155 Å². The van der Waals surface area contributed by atoms with Crippen LogP contribution in [-0.2, 0) is 18.7 Å². The third-order valence-electron chi connectivity index (χ3n) is 9.63. The molecule has 6 heteroatoms. The molecule has 1 rings (SSSR count). The Bertz CT molecular complexity index is 729. The molecule has 4 atom stereocenters. The average molecular weight is 573 g/mol. The van der Waals surface area contributed by atoms with E-state index in [4.69, 9.17) is 0 Å². The fourth-order valence-electron chi connectivity index (χ4n) is 7.13. The summed E-state index contributed by atoms with van der Waals surface area (Å²) in [6, 6.07) is 0. The molecule has 0 aromatic rings. The molecule has 4 unspecified atom stereocenters. The Hall–Kier alpha value is -0.200. The maximum Gasteiger partial charge on any atom is 0.136 e. The number of ketones is 1. The highest BCUT2D eigenvalue weighted by molar-refractivity contribution is 7.83. The molecular weight excluding hydrogens is 510 g/mol. The van der Waals surface area contributed by atoms with Gasteiger partial charge in [0.1, 0.15) is 26.4 Å². The summed E-state index contributed by atoms with van der Waals surface area (Å²) in [4.78, 5) is 23.2. The van der Waals surface area contributed by atoms with Gasteiger partial charge in [-0.3, -0.25) is 4.79 Å². The van der Waals surface area contributed by atoms with Crippen molar-refractivity contribution in [3.05, 3.63) is 0 Å². The molecule has 1 aliphatic rings. The van der Waals surface area contributed by atoms with Crippen molar-refractivity contribution in [3.8, 4) is 0 Å². The first kappa shape index (κ1) is 35.8. The number of carbonyl (C=O) groups is 2. The van der Waals surface area contributed by atoms with E-state index in [-0.39, 0.29) is 11.8 Å². The fourth-order valence-corrected chi connectivity index (χ4v) is 17.7. The third-order valence-corrected chi connectivity index (χ3v) is 19.8. The zero-order valence-corrected chi connectivity index (χ0v) is 27.6. The summed E-state index contributed by atoms with van der Waals surface area (Å²) in [5.74, 6) is 0.534. The monoisotopic (exact) mass is 572 g/mol. The van der Waals surface area contributed by atoms with Gasteiger partial charge in [0.05, 0.1) is 4.90 Å². The van der Waals surface area contributed by atoms with Crippen molar-refractivity contribution in [2.24, 2.45) is 11.8 Å². The number of hydrogen-bond donors (Lipinski definition) is 0. The molecule has 0 heterocycles. The SMILES string of the molecule is CCCCCCP(=O)(CC)C1(P(=O)(CC)CCCCCC)CCC(C(=O)CCCCCCCC=O)C(C)C1. The van der Waals surface area contributed by atoms with Gasteiger partial charge in [-0.1, -0.05) is 92.4 Å². The van der Waals surface area contributed by atoms with Gasteiger partial charge in [-0.05, 0) is 63.2 Å². The molecule has 0 saturated heterocycles. The molecule has 38 heavy (non-hydrogen) atoms. The van der Waals surface area contributed by atoms with E-state index in [1.165, 1.54) is 12.8 Å². The van der Waals surface area contributed by atoms with E-state index in [2.05, 4.69) is 34.6 Å². The molecule has 0 radical (unpaired) electrons. The van der Waals surface area contributed by atoms with Crippen LogP contribution >= 0.6 is 14.3 Å². The highest BCUT2D eigenvalue weighted by atomic mass is 31.2. The summed E-state index contributed by atoms with van der Waals surface area (Å²) in [6.07, 6.45) is 21.1. The number of hydrogen-bond acceptors (Lipinski definition) is 4. The maximum absolute atomic E-state index is 15.0. The Morgan fingerprint density at radius 2 is 1.26 bits per heavy atom. The van der Waals surface area contributed by atoms with Crippen LogP contribution in [0.25, 0.3) is 0 Å². The summed E-state index contributed by atoms with van der Waals surface area (Å²) in [5.41, 5.74) is 0. The third kappa shape index (κ3) is 10.0. The fraction of sp³-hybridized carbons (Fsp3) is 0.938. The van der Waals surface area contributed by atoms with Crippen LogP contribution in [0, 0.1) is 11.8 Å². The topological polar surface area (TPSA) is 68.3 Å². The quantitative estimate of drug-likeness (QED) is 0.0694. The van der Waals surface area contributed by atoms with Crippen LogP contribution in [0.15, 0.2) is 0 Å². The second-order valence-electron chi connectivity index (χ2n) is 12.2.